The van der Waals surface area contributed by atoms with Crippen molar-refractivity contribution >= 4 is 33.6 Å². The van der Waals surface area contributed by atoms with E-state index in [9.17, 15) is 9.18 Å². The summed E-state index contributed by atoms with van der Waals surface area (Å²) in [5.74, 6) is 0.703. The molecule has 22 heavy (non-hydrogen) atoms. The van der Waals surface area contributed by atoms with Crippen LogP contribution in [0.15, 0.2) is 53.0 Å². The molecule has 116 valence electrons. The Bertz CT molecular complexity index is 650. The van der Waals surface area contributed by atoms with E-state index >= 15 is 0 Å². The van der Waals surface area contributed by atoms with Crippen LogP contribution >= 0.6 is 27.7 Å². The predicted octanol–water partition coefficient (Wildman–Crippen LogP) is 4.70. The Kier molecular flexibility index (Phi) is 6.46. The average molecular weight is 382 g/mol. The quantitative estimate of drug-likeness (QED) is 0.785. The van der Waals surface area contributed by atoms with E-state index in [0.29, 0.717) is 11.5 Å². The molecule has 0 aliphatic carbocycles. The third kappa shape index (κ3) is 5.14. The van der Waals surface area contributed by atoms with Gasteiger partial charge < -0.3 is 5.32 Å². The lowest BCUT2D eigenvalue weighted by Gasteiger charge is -2.15. The molecule has 0 saturated carbocycles. The minimum atomic E-state index is -0.245. The second-order valence-corrected chi connectivity index (χ2v) is 6.77. The van der Waals surface area contributed by atoms with E-state index in [4.69, 9.17) is 0 Å². The smallest absolute Gasteiger partial charge is 0.230 e. The zero-order valence-electron chi connectivity index (χ0n) is 12.2. The van der Waals surface area contributed by atoms with Gasteiger partial charge in [-0.3, -0.25) is 4.79 Å². The molecule has 0 aliphatic heterocycles. The van der Waals surface area contributed by atoms with Crippen molar-refractivity contribution in [2.75, 3.05) is 5.75 Å². The zero-order chi connectivity index (χ0) is 15.9. The van der Waals surface area contributed by atoms with Gasteiger partial charge in [0.25, 0.3) is 0 Å². The summed E-state index contributed by atoms with van der Waals surface area (Å²) in [4.78, 5) is 12.0. The first-order chi connectivity index (χ1) is 10.6. The van der Waals surface area contributed by atoms with Gasteiger partial charge in [-0.25, -0.2) is 4.39 Å². The highest BCUT2D eigenvalue weighted by Crippen LogP contribution is 2.23. The maximum absolute atomic E-state index is 13.1. The molecular weight excluding hydrogens is 365 g/mol. The fourth-order valence-electron chi connectivity index (χ4n) is 2.08. The summed E-state index contributed by atoms with van der Waals surface area (Å²) < 4.78 is 14.0. The molecule has 1 atom stereocenters. The summed E-state index contributed by atoms with van der Waals surface area (Å²) in [6.45, 7) is 1.95. The third-order valence-corrected chi connectivity index (χ3v) is 4.87. The van der Waals surface area contributed by atoms with E-state index in [1.807, 2.05) is 37.3 Å². The first-order valence-electron chi connectivity index (χ1n) is 6.92. The van der Waals surface area contributed by atoms with Crippen molar-refractivity contribution in [1.29, 1.82) is 0 Å². The van der Waals surface area contributed by atoms with Crippen molar-refractivity contribution < 1.29 is 9.18 Å². The first kappa shape index (κ1) is 17.0. The summed E-state index contributed by atoms with van der Waals surface area (Å²) in [6, 6.07) is 14.2. The Morgan fingerprint density at radius 1 is 1.27 bits per heavy atom. The molecule has 1 N–H and O–H groups in total. The van der Waals surface area contributed by atoms with Crippen LogP contribution in [0.1, 0.15) is 24.1 Å². The van der Waals surface area contributed by atoms with E-state index in [-0.39, 0.29) is 17.8 Å². The topological polar surface area (TPSA) is 29.1 Å². The number of rotatable bonds is 6. The third-order valence-electron chi connectivity index (χ3n) is 3.14. The van der Waals surface area contributed by atoms with Crippen LogP contribution in [0.3, 0.4) is 0 Å². The Balaban J connectivity index is 1.79. The molecule has 0 unspecified atom stereocenters. The molecule has 5 heteroatoms. The molecule has 2 aromatic rings. The molecule has 2 nitrogen and oxygen atoms in total. The van der Waals surface area contributed by atoms with Crippen LogP contribution in [0.5, 0.6) is 0 Å². The van der Waals surface area contributed by atoms with Crippen molar-refractivity contribution in [2.24, 2.45) is 0 Å². The van der Waals surface area contributed by atoms with Crippen LogP contribution in [0.2, 0.25) is 0 Å². The lowest BCUT2D eigenvalue weighted by atomic mass is 10.1. The molecule has 0 aliphatic rings. The van der Waals surface area contributed by atoms with Gasteiger partial charge >= 0.3 is 0 Å². The normalized spacial score (nSPS) is 12.0. The molecule has 0 fully saturated rings. The number of carbonyl (C=O) groups excluding carboxylic acids is 1. The highest BCUT2D eigenvalue weighted by atomic mass is 79.9. The van der Waals surface area contributed by atoms with E-state index in [2.05, 4.69) is 21.2 Å². The molecule has 2 rings (SSSR count). The van der Waals surface area contributed by atoms with Gasteiger partial charge in [0.15, 0.2) is 0 Å². The van der Waals surface area contributed by atoms with Gasteiger partial charge in [-0.05, 0) is 36.2 Å². The zero-order valence-corrected chi connectivity index (χ0v) is 14.6. The van der Waals surface area contributed by atoms with Crippen molar-refractivity contribution in [1.82, 2.24) is 5.32 Å². The maximum atomic E-state index is 13.1. The van der Waals surface area contributed by atoms with Gasteiger partial charge in [-0.1, -0.05) is 46.3 Å². The van der Waals surface area contributed by atoms with Gasteiger partial charge in [-0.15, -0.1) is 11.8 Å². The van der Waals surface area contributed by atoms with Crippen LogP contribution in [-0.4, -0.2) is 11.7 Å². The van der Waals surface area contributed by atoms with Gasteiger partial charge in [0.05, 0.1) is 11.8 Å². The van der Waals surface area contributed by atoms with Crippen LogP contribution in [0.25, 0.3) is 0 Å². The molecular formula is C17H17BrFNOS. The Labute approximate surface area is 142 Å². The molecule has 0 spiro atoms. The number of benzene rings is 2. The van der Waals surface area contributed by atoms with Crippen LogP contribution in [0.4, 0.5) is 4.39 Å². The van der Waals surface area contributed by atoms with Crippen LogP contribution in [0, 0.1) is 5.82 Å². The Hall–Kier alpha value is -1.33. The summed E-state index contributed by atoms with van der Waals surface area (Å²) in [7, 11) is 0. The van der Waals surface area contributed by atoms with E-state index < -0.39 is 0 Å². The Morgan fingerprint density at radius 2 is 2.05 bits per heavy atom. The maximum Gasteiger partial charge on any atom is 0.230 e. The number of hydrogen-bond donors (Lipinski definition) is 1. The second kappa shape index (κ2) is 8.34. The molecule has 0 heterocycles. The van der Waals surface area contributed by atoms with E-state index in [0.717, 1.165) is 15.6 Å². The van der Waals surface area contributed by atoms with Crippen LogP contribution in [-0.2, 0) is 10.5 Å². The Morgan fingerprint density at radius 3 is 2.77 bits per heavy atom. The first-order valence-corrected chi connectivity index (χ1v) is 8.87. The molecule has 1 amide bonds. The van der Waals surface area contributed by atoms with Crippen molar-refractivity contribution in [3.05, 3.63) is 69.9 Å². The fourth-order valence-corrected chi connectivity index (χ4v) is 3.49. The van der Waals surface area contributed by atoms with Crippen LogP contribution < -0.4 is 5.32 Å². The minimum Gasteiger partial charge on any atom is -0.349 e. The molecule has 0 saturated heterocycles. The molecule has 2 aromatic carbocycles. The SMILES string of the molecule is C[C@H](NC(=O)CSCc1cccc(F)c1)c1ccccc1Br. The summed E-state index contributed by atoms with van der Waals surface area (Å²) in [5, 5.41) is 2.97. The van der Waals surface area contributed by atoms with E-state index in [1.165, 1.54) is 23.9 Å². The molecule has 0 bridgehead atoms. The average Bonchev–Trinajstić information content (AvgIpc) is 2.47. The summed E-state index contributed by atoms with van der Waals surface area (Å²) >= 11 is 4.96. The predicted molar refractivity (Wildman–Crippen MR) is 93.3 cm³/mol. The largest absolute Gasteiger partial charge is 0.349 e. The molecule has 0 radical (unpaired) electrons. The monoisotopic (exact) mass is 381 g/mol. The second-order valence-electron chi connectivity index (χ2n) is 4.93. The van der Waals surface area contributed by atoms with Crippen molar-refractivity contribution in [3.63, 3.8) is 0 Å². The molecule has 0 aromatic heterocycles. The van der Waals surface area contributed by atoms with Gasteiger partial charge in [0.1, 0.15) is 5.82 Å². The van der Waals surface area contributed by atoms with Gasteiger partial charge in [0, 0.05) is 10.2 Å². The standard InChI is InChI=1S/C17H17BrFNOS/c1-12(15-7-2-3-8-16(15)18)20-17(21)11-22-10-13-5-4-6-14(19)9-13/h2-9,12H,10-11H2,1H3,(H,20,21)/t12-/m0/s1. The summed E-state index contributed by atoms with van der Waals surface area (Å²) in [5.41, 5.74) is 1.93. The number of halogens is 2. The fraction of sp³-hybridized carbons (Fsp3) is 0.235. The number of nitrogens with one attached hydrogen (secondary N) is 1. The highest BCUT2D eigenvalue weighted by molar-refractivity contribution is 9.10. The number of hydrogen-bond acceptors (Lipinski definition) is 2. The minimum absolute atomic E-state index is 0.0235. The van der Waals surface area contributed by atoms with Gasteiger partial charge in [0.2, 0.25) is 5.91 Å². The number of amides is 1. The number of thioether (sulfide) groups is 1. The van der Waals surface area contributed by atoms with E-state index in [1.54, 1.807) is 6.07 Å². The van der Waals surface area contributed by atoms with Crippen molar-refractivity contribution in [2.45, 2.75) is 18.7 Å². The highest BCUT2D eigenvalue weighted by Gasteiger charge is 2.11. The van der Waals surface area contributed by atoms with Gasteiger partial charge in [-0.2, -0.15) is 0 Å². The summed E-state index contributed by atoms with van der Waals surface area (Å²) in [6.07, 6.45) is 0. The van der Waals surface area contributed by atoms with Crippen molar-refractivity contribution in [3.8, 4) is 0 Å². The lowest BCUT2D eigenvalue weighted by molar-refractivity contribution is -0.119. The number of carbonyl (C=O) groups is 1. The lowest BCUT2D eigenvalue weighted by Crippen LogP contribution is -2.28.